The van der Waals surface area contributed by atoms with Gasteiger partial charge in [-0.3, -0.25) is 14.5 Å². The Morgan fingerprint density at radius 3 is 2.54 bits per heavy atom. The van der Waals surface area contributed by atoms with E-state index in [-0.39, 0.29) is 18.4 Å². The molecule has 2 N–H and O–H groups in total. The van der Waals surface area contributed by atoms with Crippen LogP contribution in [0.5, 0.6) is 0 Å². The average molecular weight is 419 g/mol. The number of carbonyl (C=O) groups excluding carboxylic acids is 2. The molecule has 0 aliphatic carbocycles. The zero-order valence-corrected chi connectivity index (χ0v) is 16.9. The van der Waals surface area contributed by atoms with Gasteiger partial charge in [-0.2, -0.15) is 0 Å². The van der Waals surface area contributed by atoms with Crippen molar-refractivity contribution in [1.29, 1.82) is 0 Å². The van der Waals surface area contributed by atoms with E-state index in [0.717, 1.165) is 21.3 Å². The Morgan fingerprint density at radius 2 is 1.92 bits per heavy atom. The summed E-state index contributed by atoms with van der Waals surface area (Å²) in [5, 5.41) is 5.63. The SMILES string of the molecule is Cc1ccc(NC(=O)C(C)N(C)CC(=O)Nc2ccc(Br)cn2)c(C)c1. The van der Waals surface area contributed by atoms with Crippen LogP contribution in [-0.4, -0.2) is 41.3 Å². The molecule has 7 heteroatoms. The van der Waals surface area contributed by atoms with Crippen LogP contribution in [0.4, 0.5) is 11.5 Å². The van der Waals surface area contributed by atoms with E-state index in [1.54, 1.807) is 37.2 Å². The minimum atomic E-state index is -0.459. The van der Waals surface area contributed by atoms with Crippen molar-refractivity contribution in [3.8, 4) is 0 Å². The van der Waals surface area contributed by atoms with Gasteiger partial charge in [-0.25, -0.2) is 4.98 Å². The number of carbonyl (C=O) groups is 2. The minimum Gasteiger partial charge on any atom is -0.324 e. The maximum absolute atomic E-state index is 12.5. The van der Waals surface area contributed by atoms with Crippen molar-refractivity contribution in [2.45, 2.75) is 26.8 Å². The Labute approximate surface area is 162 Å². The van der Waals surface area contributed by atoms with Gasteiger partial charge in [-0.15, -0.1) is 0 Å². The molecule has 0 saturated heterocycles. The van der Waals surface area contributed by atoms with Crippen LogP contribution in [0, 0.1) is 13.8 Å². The monoisotopic (exact) mass is 418 g/mol. The molecule has 0 aliphatic heterocycles. The van der Waals surface area contributed by atoms with Crippen LogP contribution in [0.1, 0.15) is 18.1 Å². The first-order chi connectivity index (χ1) is 12.3. The molecule has 0 radical (unpaired) electrons. The van der Waals surface area contributed by atoms with Gasteiger partial charge < -0.3 is 10.6 Å². The largest absolute Gasteiger partial charge is 0.324 e. The number of hydrogen-bond acceptors (Lipinski definition) is 4. The highest BCUT2D eigenvalue weighted by Gasteiger charge is 2.21. The molecule has 138 valence electrons. The predicted molar refractivity (Wildman–Crippen MR) is 107 cm³/mol. The van der Waals surface area contributed by atoms with Gasteiger partial charge >= 0.3 is 0 Å². The van der Waals surface area contributed by atoms with E-state index >= 15 is 0 Å². The van der Waals surface area contributed by atoms with E-state index in [1.165, 1.54) is 0 Å². The lowest BCUT2D eigenvalue weighted by molar-refractivity contribution is -0.122. The highest BCUT2D eigenvalue weighted by atomic mass is 79.9. The van der Waals surface area contributed by atoms with Crippen LogP contribution < -0.4 is 10.6 Å². The number of benzene rings is 1. The second kappa shape index (κ2) is 8.91. The molecule has 1 atom stereocenters. The Hall–Kier alpha value is -2.25. The van der Waals surface area contributed by atoms with Gasteiger partial charge in [0, 0.05) is 16.4 Å². The van der Waals surface area contributed by atoms with E-state index in [1.807, 2.05) is 32.0 Å². The van der Waals surface area contributed by atoms with Crippen LogP contribution in [0.25, 0.3) is 0 Å². The summed E-state index contributed by atoms with van der Waals surface area (Å²) in [7, 11) is 1.74. The zero-order chi connectivity index (χ0) is 19.3. The Bertz CT molecular complexity index is 793. The van der Waals surface area contributed by atoms with E-state index < -0.39 is 6.04 Å². The molecule has 1 aromatic carbocycles. The van der Waals surface area contributed by atoms with Crippen molar-refractivity contribution in [2.24, 2.45) is 0 Å². The number of halogens is 1. The number of amides is 2. The van der Waals surface area contributed by atoms with Crippen molar-refractivity contribution in [2.75, 3.05) is 24.2 Å². The van der Waals surface area contributed by atoms with Crippen molar-refractivity contribution < 1.29 is 9.59 Å². The number of nitrogens with one attached hydrogen (secondary N) is 2. The fourth-order valence-corrected chi connectivity index (χ4v) is 2.62. The fourth-order valence-electron chi connectivity index (χ4n) is 2.39. The number of rotatable bonds is 6. The number of anilines is 2. The van der Waals surface area contributed by atoms with Crippen molar-refractivity contribution in [1.82, 2.24) is 9.88 Å². The summed E-state index contributed by atoms with van der Waals surface area (Å²) < 4.78 is 0.837. The van der Waals surface area contributed by atoms with Gasteiger partial charge in [-0.1, -0.05) is 17.7 Å². The summed E-state index contributed by atoms with van der Waals surface area (Å²) in [6.07, 6.45) is 1.61. The molecule has 26 heavy (non-hydrogen) atoms. The van der Waals surface area contributed by atoms with E-state index in [4.69, 9.17) is 0 Å². The predicted octanol–water partition coefficient (Wildman–Crippen LogP) is 3.36. The Morgan fingerprint density at radius 1 is 1.19 bits per heavy atom. The molecule has 1 unspecified atom stereocenters. The Balaban J connectivity index is 1.90. The quantitative estimate of drug-likeness (QED) is 0.753. The number of hydrogen-bond donors (Lipinski definition) is 2. The normalized spacial score (nSPS) is 11.9. The number of pyridine rings is 1. The number of aromatic nitrogens is 1. The maximum atomic E-state index is 12.5. The molecule has 0 aliphatic rings. The molecule has 2 rings (SSSR count). The molecule has 0 fully saturated rings. The molecule has 0 bridgehead atoms. The topological polar surface area (TPSA) is 74.3 Å². The molecular weight excluding hydrogens is 396 g/mol. The van der Waals surface area contributed by atoms with Crippen molar-refractivity contribution in [3.63, 3.8) is 0 Å². The lowest BCUT2D eigenvalue weighted by Crippen LogP contribution is -2.43. The third-order valence-electron chi connectivity index (χ3n) is 4.07. The first-order valence-corrected chi connectivity index (χ1v) is 9.05. The van der Waals surface area contributed by atoms with Gasteiger partial charge in [0.15, 0.2) is 0 Å². The standard InChI is InChI=1S/C19H23BrN4O2/c1-12-5-7-16(13(2)9-12)22-19(26)14(3)24(4)11-18(25)23-17-8-6-15(20)10-21-17/h5-10,14H,11H2,1-4H3,(H,22,26)(H,21,23,25). The first kappa shape index (κ1) is 20.1. The van der Waals surface area contributed by atoms with Crippen molar-refractivity contribution in [3.05, 3.63) is 52.1 Å². The molecule has 1 heterocycles. The summed E-state index contributed by atoms with van der Waals surface area (Å²) in [5.41, 5.74) is 2.93. The summed E-state index contributed by atoms with van der Waals surface area (Å²) in [6.45, 7) is 5.81. The molecule has 0 spiro atoms. The minimum absolute atomic E-state index is 0.0826. The molecule has 1 aromatic heterocycles. The second-order valence-electron chi connectivity index (χ2n) is 6.31. The second-order valence-corrected chi connectivity index (χ2v) is 7.22. The smallest absolute Gasteiger partial charge is 0.241 e. The molecule has 0 saturated carbocycles. The highest BCUT2D eigenvalue weighted by molar-refractivity contribution is 9.10. The number of nitrogens with zero attached hydrogens (tertiary/aromatic N) is 2. The van der Waals surface area contributed by atoms with Crippen LogP contribution in [0.2, 0.25) is 0 Å². The molecule has 2 aromatic rings. The van der Waals surface area contributed by atoms with Crippen LogP contribution in [-0.2, 0) is 9.59 Å². The molecular formula is C19H23BrN4O2. The number of likely N-dealkylation sites (N-methyl/N-ethyl adjacent to an activating group) is 1. The summed E-state index contributed by atoms with van der Waals surface area (Å²) in [5.74, 6) is 0.0847. The third-order valence-corrected chi connectivity index (χ3v) is 4.54. The van der Waals surface area contributed by atoms with Gasteiger partial charge in [0.1, 0.15) is 5.82 Å². The maximum Gasteiger partial charge on any atom is 0.241 e. The van der Waals surface area contributed by atoms with E-state index in [2.05, 4.69) is 31.5 Å². The van der Waals surface area contributed by atoms with Crippen LogP contribution >= 0.6 is 15.9 Å². The number of aryl methyl sites for hydroxylation is 2. The summed E-state index contributed by atoms with van der Waals surface area (Å²) in [4.78, 5) is 30.4. The van der Waals surface area contributed by atoms with Crippen molar-refractivity contribution >= 4 is 39.2 Å². The van der Waals surface area contributed by atoms with Gasteiger partial charge in [0.25, 0.3) is 0 Å². The van der Waals surface area contributed by atoms with Gasteiger partial charge in [0.2, 0.25) is 11.8 Å². The van der Waals surface area contributed by atoms with Crippen LogP contribution in [0.15, 0.2) is 41.0 Å². The molecule has 2 amide bonds. The zero-order valence-electron chi connectivity index (χ0n) is 15.3. The average Bonchev–Trinajstić information content (AvgIpc) is 2.58. The lowest BCUT2D eigenvalue weighted by atomic mass is 10.1. The third kappa shape index (κ3) is 5.64. The highest BCUT2D eigenvalue weighted by Crippen LogP contribution is 2.17. The van der Waals surface area contributed by atoms with E-state index in [0.29, 0.717) is 5.82 Å². The molecule has 6 nitrogen and oxygen atoms in total. The van der Waals surface area contributed by atoms with E-state index in [9.17, 15) is 9.59 Å². The fraction of sp³-hybridized carbons (Fsp3) is 0.316. The summed E-state index contributed by atoms with van der Waals surface area (Å²) >= 11 is 3.30. The van der Waals surface area contributed by atoms with Crippen LogP contribution in [0.3, 0.4) is 0 Å². The Kier molecular flexibility index (Phi) is 6.88. The lowest BCUT2D eigenvalue weighted by Gasteiger charge is -2.23. The first-order valence-electron chi connectivity index (χ1n) is 8.26. The summed E-state index contributed by atoms with van der Waals surface area (Å²) in [6, 6.07) is 8.91. The van der Waals surface area contributed by atoms with Gasteiger partial charge in [-0.05, 0) is 67.5 Å². The van der Waals surface area contributed by atoms with Gasteiger partial charge in [0.05, 0.1) is 12.6 Å².